The number of nitrogens with two attached hydrogens (primary N) is 1. The summed E-state index contributed by atoms with van der Waals surface area (Å²) < 4.78 is 30.5. The Bertz CT molecular complexity index is 714. The van der Waals surface area contributed by atoms with E-state index in [1.165, 1.54) is 10.9 Å². The molecule has 0 aliphatic rings. The molecular formula is C15H20N2O3S. The molecule has 0 spiro atoms. The number of quaternary nitrogens is 1. The Labute approximate surface area is 125 Å². The summed E-state index contributed by atoms with van der Waals surface area (Å²) in [6, 6.07) is 12.3. The van der Waals surface area contributed by atoms with Crippen molar-refractivity contribution in [3.63, 3.8) is 0 Å². The van der Waals surface area contributed by atoms with E-state index in [9.17, 15) is 8.42 Å². The molecule has 114 valence electrons. The quantitative estimate of drug-likeness (QED) is 0.782. The van der Waals surface area contributed by atoms with E-state index in [1.807, 2.05) is 18.2 Å². The lowest BCUT2D eigenvalue weighted by Gasteiger charge is -2.14. The number of nitrogens with zero attached hydrogens (tertiary/aromatic N) is 1. The van der Waals surface area contributed by atoms with Crippen molar-refractivity contribution in [2.75, 3.05) is 26.5 Å². The van der Waals surface area contributed by atoms with Gasteiger partial charge in [-0.15, -0.1) is 0 Å². The molecule has 21 heavy (non-hydrogen) atoms. The lowest BCUT2D eigenvalue weighted by molar-refractivity contribution is -0.667. The van der Waals surface area contributed by atoms with Gasteiger partial charge in [0.15, 0.2) is 0 Å². The van der Waals surface area contributed by atoms with Crippen molar-refractivity contribution in [1.82, 2.24) is 0 Å². The third kappa shape index (κ3) is 5.00. The Morgan fingerprint density at radius 1 is 1.14 bits per heavy atom. The van der Waals surface area contributed by atoms with Gasteiger partial charge in [-0.05, 0) is 29.0 Å². The molecule has 2 rings (SSSR count). The fraction of sp³-hybridized carbons (Fsp3) is 0.333. The van der Waals surface area contributed by atoms with Crippen LogP contribution in [0.15, 0.2) is 36.4 Å². The standard InChI is InChI=1S/C15H19N2O3S/c1-20-15-6-5-13-9-12(3-4-14(13)10-15)11-16-7-8-17-21(2,18)19/h3-6,9-10,16H,7-8,11H2,1-2H3/q-1/p+1. The van der Waals surface area contributed by atoms with Crippen LogP contribution >= 0.6 is 0 Å². The zero-order valence-corrected chi connectivity index (χ0v) is 13.1. The molecule has 0 fully saturated rings. The number of hydrogen-bond acceptors (Lipinski definition) is 3. The van der Waals surface area contributed by atoms with E-state index < -0.39 is 10.0 Å². The first-order valence-electron chi connectivity index (χ1n) is 6.75. The molecule has 0 aliphatic heterocycles. The molecule has 0 bridgehead atoms. The summed E-state index contributed by atoms with van der Waals surface area (Å²) in [5.74, 6) is 0.851. The topological polar surface area (TPSA) is 74.1 Å². The van der Waals surface area contributed by atoms with Crippen LogP contribution in [-0.4, -0.2) is 34.9 Å². The number of methoxy groups -OCH3 is 1. The Hall–Kier alpha value is -1.63. The minimum atomic E-state index is -3.21. The molecule has 0 aliphatic carbocycles. The first-order valence-corrected chi connectivity index (χ1v) is 8.60. The highest BCUT2D eigenvalue weighted by atomic mass is 32.2. The molecule has 2 N–H and O–H groups in total. The summed E-state index contributed by atoms with van der Waals surface area (Å²) in [7, 11) is -1.55. The first-order chi connectivity index (χ1) is 9.98. The Morgan fingerprint density at radius 3 is 2.57 bits per heavy atom. The van der Waals surface area contributed by atoms with Crippen LogP contribution in [0.1, 0.15) is 5.56 Å². The molecule has 0 heterocycles. The third-order valence-electron chi connectivity index (χ3n) is 3.15. The summed E-state index contributed by atoms with van der Waals surface area (Å²) >= 11 is 0. The van der Waals surface area contributed by atoms with Crippen molar-refractivity contribution in [2.45, 2.75) is 6.54 Å². The molecule has 0 saturated heterocycles. The summed E-state index contributed by atoms with van der Waals surface area (Å²) in [5, 5.41) is 4.37. The van der Waals surface area contributed by atoms with Gasteiger partial charge >= 0.3 is 0 Å². The molecule has 5 nitrogen and oxygen atoms in total. The lowest BCUT2D eigenvalue weighted by atomic mass is 10.1. The predicted molar refractivity (Wildman–Crippen MR) is 84.1 cm³/mol. The van der Waals surface area contributed by atoms with Gasteiger partial charge in [-0.1, -0.05) is 24.7 Å². The van der Waals surface area contributed by atoms with Crippen molar-refractivity contribution < 1.29 is 18.5 Å². The summed E-state index contributed by atoms with van der Waals surface area (Å²) in [5.41, 5.74) is 1.20. The predicted octanol–water partition coefficient (Wildman–Crippen LogP) is 1.25. The van der Waals surface area contributed by atoms with E-state index in [0.29, 0.717) is 13.1 Å². The monoisotopic (exact) mass is 308 g/mol. The van der Waals surface area contributed by atoms with E-state index in [4.69, 9.17) is 4.74 Å². The SMILES string of the molecule is COc1ccc2cc(C[NH2+]CC[N-]S(C)(=O)=O)ccc2c1. The second-order valence-electron chi connectivity index (χ2n) is 4.91. The molecule has 0 amide bonds. The van der Waals surface area contributed by atoms with Crippen LogP contribution in [-0.2, 0) is 16.6 Å². The number of hydrogen-bond donors (Lipinski definition) is 1. The average Bonchev–Trinajstić information content (AvgIpc) is 2.45. The van der Waals surface area contributed by atoms with Gasteiger partial charge in [-0.3, -0.25) is 0 Å². The van der Waals surface area contributed by atoms with Gasteiger partial charge in [0.2, 0.25) is 0 Å². The van der Waals surface area contributed by atoms with Crippen molar-refractivity contribution in [1.29, 1.82) is 0 Å². The highest BCUT2D eigenvalue weighted by molar-refractivity contribution is 7.93. The average molecular weight is 308 g/mol. The Morgan fingerprint density at radius 2 is 1.86 bits per heavy atom. The molecule has 2 aromatic carbocycles. The second-order valence-corrected chi connectivity index (χ2v) is 6.64. The van der Waals surface area contributed by atoms with Crippen molar-refractivity contribution in [3.8, 4) is 5.75 Å². The zero-order chi connectivity index (χ0) is 15.3. The van der Waals surface area contributed by atoms with Gasteiger partial charge in [0.1, 0.15) is 12.3 Å². The Balaban J connectivity index is 1.91. The van der Waals surface area contributed by atoms with Crippen LogP contribution in [0.4, 0.5) is 0 Å². The molecule has 0 saturated carbocycles. The second kappa shape index (κ2) is 6.89. The van der Waals surface area contributed by atoms with Gasteiger partial charge in [0, 0.05) is 11.8 Å². The van der Waals surface area contributed by atoms with Gasteiger partial charge in [-0.25, -0.2) is 8.42 Å². The normalized spacial score (nSPS) is 11.7. The van der Waals surface area contributed by atoms with E-state index in [-0.39, 0.29) is 0 Å². The zero-order valence-electron chi connectivity index (χ0n) is 12.2. The van der Waals surface area contributed by atoms with Gasteiger partial charge in [-0.2, -0.15) is 0 Å². The van der Waals surface area contributed by atoms with Crippen LogP contribution < -0.4 is 10.1 Å². The van der Waals surface area contributed by atoms with Crippen LogP contribution in [0.25, 0.3) is 15.5 Å². The number of fused-ring (bicyclic) bond motifs is 1. The summed E-state index contributed by atoms with van der Waals surface area (Å²) in [6.45, 7) is 1.79. The van der Waals surface area contributed by atoms with Crippen LogP contribution in [0.2, 0.25) is 0 Å². The van der Waals surface area contributed by atoms with Crippen molar-refractivity contribution >= 4 is 20.8 Å². The highest BCUT2D eigenvalue weighted by Crippen LogP contribution is 2.21. The van der Waals surface area contributed by atoms with Crippen molar-refractivity contribution in [2.24, 2.45) is 0 Å². The molecule has 0 unspecified atom stereocenters. The fourth-order valence-corrected chi connectivity index (χ4v) is 2.54. The lowest BCUT2D eigenvalue weighted by Crippen LogP contribution is -2.83. The minimum absolute atomic E-state index is 0.323. The van der Waals surface area contributed by atoms with Gasteiger partial charge in [0.05, 0.1) is 23.7 Å². The number of sulfonamides is 1. The van der Waals surface area contributed by atoms with E-state index >= 15 is 0 Å². The molecule has 0 atom stereocenters. The molecular weight excluding hydrogens is 288 g/mol. The third-order valence-corrected chi connectivity index (χ3v) is 3.80. The van der Waals surface area contributed by atoms with E-state index in [1.54, 1.807) is 7.11 Å². The number of benzene rings is 2. The number of ether oxygens (including phenoxy) is 1. The Kier molecular flexibility index (Phi) is 5.17. The fourth-order valence-electron chi connectivity index (χ4n) is 2.11. The molecule has 2 aromatic rings. The highest BCUT2D eigenvalue weighted by Gasteiger charge is 2.00. The minimum Gasteiger partial charge on any atom is -0.545 e. The van der Waals surface area contributed by atoms with Gasteiger partial charge < -0.3 is 14.8 Å². The maximum absolute atomic E-state index is 10.9. The largest absolute Gasteiger partial charge is 0.545 e. The van der Waals surface area contributed by atoms with Crippen LogP contribution in [0.5, 0.6) is 5.75 Å². The van der Waals surface area contributed by atoms with E-state index in [2.05, 4.69) is 28.2 Å². The van der Waals surface area contributed by atoms with Crippen molar-refractivity contribution in [3.05, 3.63) is 46.7 Å². The molecule has 0 radical (unpaired) electrons. The maximum Gasteiger partial charge on any atom is 0.119 e. The number of rotatable bonds is 7. The smallest absolute Gasteiger partial charge is 0.119 e. The van der Waals surface area contributed by atoms with Gasteiger partial charge in [0.25, 0.3) is 0 Å². The molecule has 0 aromatic heterocycles. The van der Waals surface area contributed by atoms with E-state index in [0.717, 1.165) is 23.9 Å². The summed E-state index contributed by atoms with van der Waals surface area (Å²) in [6.07, 6.45) is 1.12. The van der Waals surface area contributed by atoms with Crippen LogP contribution in [0, 0.1) is 0 Å². The van der Waals surface area contributed by atoms with Crippen LogP contribution in [0.3, 0.4) is 0 Å². The summed E-state index contributed by atoms with van der Waals surface area (Å²) in [4.78, 5) is 0. The maximum atomic E-state index is 10.9. The molecule has 6 heteroatoms. The first kappa shape index (κ1) is 15.8.